The predicted octanol–water partition coefficient (Wildman–Crippen LogP) is 0.616. The van der Waals surface area contributed by atoms with E-state index >= 15 is 0 Å². The number of aliphatic hydroxyl groups is 7. The van der Waals surface area contributed by atoms with Gasteiger partial charge in [-0.2, -0.15) is 0 Å². The summed E-state index contributed by atoms with van der Waals surface area (Å²) in [7, 11) is 0. The molecule has 3 aliphatic rings. The lowest BCUT2D eigenvalue weighted by Gasteiger charge is -2.34. The van der Waals surface area contributed by atoms with Crippen LogP contribution in [0.3, 0.4) is 0 Å². The summed E-state index contributed by atoms with van der Waals surface area (Å²) in [5.41, 5.74) is 9.17. The van der Waals surface area contributed by atoms with Crippen LogP contribution in [0.2, 0.25) is 0 Å². The van der Waals surface area contributed by atoms with E-state index in [0.717, 1.165) is 70.9 Å². The second-order valence-corrected chi connectivity index (χ2v) is 23.3. The first-order valence-corrected chi connectivity index (χ1v) is 30.5. The second-order valence-electron chi connectivity index (χ2n) is 23.3. The van der Waals surface area contributed by atoms with E-state index in [-0.39, 0.29) is 30.0 Å². The number of hydrogen-bond acceptors (Lipinski definition) is 18. The highest BCUT2D eigenvalue weighted by Crippen LogP contribution is 2.30. The van der Waals surface area contributed by atoms with Crippen molar-refractivity contribution in [2.45, 2.75) is 171 Å². The summed E-state index contributed by atoms with van der Waals surface area (Å²) >= 11 is 0. The highest BCUT2D eigenvalue weighted by Gasteiger charge is 2.50. The van der Waals surface area contributed by atoms with Crippen LogP contribution in [0.1, 0.15) is 108 Å². The number of fused-ring (bicyclic) bond motifs is 2. The van der Waals surface area contributed by atoms with Crippen molar-refractivity contribution < 1.29 is 83.9 Å². The number of amides is 7. The molecule has 0 bridgehead atoms. The van der Waals surface area contributed by atoms with Crippen LogP contribution in [0.15, 0.2) is 97.1 Å². The number of carbonyl (C=O) groups excluding carboxylic acids is 7. The minimum atomic E-state index is -2.29. The van der Waals surface area contributed by atoms with Gasteiger partial charge in [0.25, 0.3) is 5.91 Å². The monoisotopic (exact) mass is 1240 g/mol. The van der Waals surface area contributed by atoms with Gasteiger partial charge in [-0.25, -0.2) is 0 Å². The van der Waals surface area contributed by atoms with Gasteiger partial charge < -0.3 is 92.4 Å². The molecule has 7 rings (SSSR count). The smallest absolute Gasteiger partial charge is 0.251 e. The van der Waals surface area contributed by atoms with Crippen LogP contribution in [0, 0.1) is 5.92 Å². The van der Waals surface area contributed by atoms with Crippen LogP contribution >= 0.6 is 0 Å². The summed E-state index contributed by atoms with van der Waals surface area (Å²) in [5, 5.41) is 103. The number of nitrogens with one attached hydrogen (secondary N) is 5. The van der Waals surface area contributed by atoms with Gasteiger partial charge in [0.2, 0.25) is 35.4 Å². The molecule has 4 aromatic carbocycles. The normalized spacial score (nSPS) is 26.3. The van der Waals surface area contributed by atoms with E-state index in [1.807, 2.05) is 48.5 Å². The fraction of sp³-hybridized carbons (Fsp3) is 0.516. The fourth-order valence-electron chi connectivity index (χ4n) is 11.2. The molecule has 7 amide bonds. The minimum absolute atomic E-state index is 0.0465. The molecule has 25 nitrogen and oxygen atoms in total. The van der Waals surface area contributed by atoms with Crippen molar-refractivity contribution in [1.82, 2.24) is 36.4 Å². The summed E-state index contributed by atoms with van der Waals surface area (Å²) in [6.45, 7) is 5.98. The molecule has 484 valence electrons. The molecule has 3 aliphatic heterocycles. The SMILES string of the molecule is CCCCCOc1ccc(-c2ccc(-c3ccc(C(=O)N[C@H]4C[C@@H](O)[C@@H](OCCCCCCN)NC(=O)[C@@H]5[C@@H](O)[C@@H](C)CN5C(=O)[C@H]([C@H](C)O)NC(=O)[C@H]([C@H](O)[C@@H](O)c5ccc(O)cc5)NC(=O)[C@@H]5C[C@@H](O)CN5C(=O)[C@H]([C@H](C)O)NC4=O)cc3)cc2)cc1. The Morgan fingerprint density at radius 2 is 1.17 bits per heavy atom. The van der Waals surface area contributed by atoms with Gasteiger partial charge in [-0.15, -0.1) is 0 Å². The molecular formula is C64H86N8O17. The number of unbranched alkanes of at least 4 members (excludes halogenated alkanes) is 5. The van der Waals surface area contributed by atoms with Gasteiger partial charge in [0, 0.05) is 44.0 Å². The molecule has 0 spiro atoms. The Kier molecular flexibility index (Phi) is 25.0. The summed E-state index contributed by atoms with van der Waals surface area (Å²) < 4.78 is 12.0. The standard InChI is InChI=1S/C64H86N8O17/c1-5-6-10-29-88-46-26-22-41(23-27-46)39-14-12-38(13-15-39)40-16-18-43(19-17-40)57(81)66-47-32-49(77)62(89-30-11-8-7-9-28-65)70-61(85)53-54(78)35(2)33-72(53)64(87)51(37(4)74)68-60(84)52(56(80)55(79)42-20-24-44(75)25-21-42)69-59(83)48-31-45(76)34-71(48)63(86)50(36(3)73)67-58(47)82/h12-27,35-37,45,47-56,62,73-80H,5-11,28-34,65H2,1-4H3,(H,66,81)(H,67,82)(H,68,84)(H,69,83)(H,70,85)/t35-,36-,37-,45+,47-,48-,49+,50-,51-,52-,53-,54-,55-,56-,62+/m0/s1. The Hall–Kier alpha value is -7.59. The molecule has 89 heavy (non-hydrogen) atoms. The summed E-state index contributed by atoms with van der Waals surface area (Å²) in [4.78, 5) is 104. The Bertz CT molecular complexity index is 3010. The first-order chi connectivity index (χ1) is 42.5. The quantitative estimate of drug-likeness (QED) is 0.0508. The van der Waals surface area contributed by atoms with Crippen molar-refractivity contribution in [3.8, 4) is 33.8 Å². The first kappa shape index (κ1) is 68.9. The molecule has 0 unspecified atom stereocenters. The molecule has 15 atom stereocenters. The van der Waals surface area contributed by atoms with Crippen molar-refractivity contribution in [2.75, 3.05) is 32.8 Å². The summed E-state index contributed by atoms with van der Waals surface area (Å²) in [6, 6.07) is 15.3. The average molecular weight is 1240 g/mol. The number of nitrogens with two attached hydrogens (primary N) is 1. The largest absolute Gasteiger partial charge is 0.508 e. The molecule has 3 saturated heterocycles. The van der Waals surface area contributed by atoms with Crippen LogP contribution in [-0.4, -0.2) is 204 Å². The lowest BCUT2D eigenvalue weighted by Crippen LogP contribution is -2.64. The molecular weight excluding hydrogens is 1150 g/mol. The Balaban J connectivity index is 1.23. The second kappa shape index (κ2) is 32.2. The molecule has 4 aromatic rings. The van der Waals surface area contributed by atoms with Crippen LogP contribution in [-0.2, 0) is 33.5 Å². The number of benzene rings is 4. The van der Waals surface area contributed by atoms with E-state index in [2.05, 4.69) is 33.5 Å². The van der Waals surface area contributed by atoms with E-state index in [9.17, 15) is 74.4 Å². The number of aliphatic hydroxyl groups excluding tert-OH is 7. The van der Waals surface area contributed by atoms with Crippen molar-refractivity contribution in [2.24, 2.45) is 11.7 Å². The van der Waals surface area contributed by atoms with E-state index in [0.29, 0.717) is 38.8 Å². The summed E-state index contributed by atoms with van der Waals surface area (Å²) in [5.74, 6) is -8.24. The van der Waals surface area contributed by atoms with E-state index < -0.39 is 152 Å². The Labute approximate surface area is 517 Å². The van der Waals surface area contributed by atoms with Gasteiger partial charge >= 0.3 is 0 Å². The maximum Gasteiger partial charge on any atom is 0.251 e. The third kappa shape index (κ3) is 17.9. The zero-order chi connectivity index (χ0) is 64.6. The lowest BCUT2D eigenvalue weighted by molar-refractivity contribution is -0.149. The van der Waals surface area contributed by atoms with Crippen molar-refractivity contribution >= 4 is 41.4 Å². The Morgan fingerprint density at radius 1 is 0.629 bits per heavy atom. The van der Waals surface area contributed by atoms with Crippen molar-refractivity contribution in [1.29, 1.82) is 0 Å². The molecule has 0 aromatic heterocycles. The number of phenolic OH excluding ortho intramolecular Hbond substituents is 1. The van der Waals surface area contributed by atoms with E-state index in [1.54, 1.807) is 12.1 Å². The van der Waals surface area contributed by atoms with Crippen LogP contribution in [0.25, 0.3) is 22.3 Å². The van der Waals surface area contributed by atoms with Crippen molar-refractivity contribution in [3.63, 3.8) is 0 Å². The van der Waals surface area contributed by atoms with Gasteiger partial charge in [0.1, 0.15) is 66.1 Å². The number of carbonyl (C=O) groups is 7. The van der Waals surface area contributed by atoms with Crippen molar-refractivity contribution in [3.05, 3.63) is 108 Å². The van der Waals surface area contributed by atoms with Crippen LogP contribution in [0.4, 0.5) is 0 Å². The number of nitrogens with zero attached hydrogens (tertiary/aromatic N) is 2. The first-order valence-electron chi connectivity index (χ1n) is 30.5. The number of rotatable bonds is 21. The van der Waals surface area contributed by atoms with Gasteiger partial charge in [0.15, 0.2) is 6.23 Å². The predicted molar refractivity (Wildman–Crippen MR) is 325 cm³/mol. The fourth-order valence-corrected chi connectivity index (χ4v) is 11.2. The maximum atomic E-state index is 14.8. The highest BCUT2D eigenvalue weighted by atomic mass is 16.5. The minimum Gasteiger partial charge on any atom is -0.508 e. The molecule has 3 heterocycles. The van der Waals surface area contributed by atoms with Gasteiger partial charge in [0.05, 0.1) is 31.0 Å². The lowest BCUT2D eigenvalue weighted by atomic mass is 9.96. The number of aromatic hydroxyl groups is 1. The number of ether oxygens (including phenoxy) is 2. The topological polar surface area (TPSA) is 392 Å². The van der Waals surface area contributed by atoms with Gasteiger partial charge in [-0.3, -0.25) is 33.6 Å². The number of phenols is 1. The maximum absolute atomic E-state index is 14.8. The van der Waals surface area contributed by atoms with Gasteiger partial charge in [-0.05, 0) is 104 Å². The Morgan fingerprint density at radius 3 is 1.75 bits per heavy atom. The van der Waals surface area contributed by atoms with E-state index in [1.165, 1.54) is 43.3 Å². The number of hydrogen-bond donors (Lipinski definition) is 14. The molecule has 0 saturated carbocycles. The van der Waals surface area contributed by atoms with Crippen LogP contribution in [0.5, 0.6) is 11.5 Å². The third-order valence-corrected chi connectivity index (χ3v) is 16.4. The van der Waals surface area contributed by atoms with Gasteiger partial charge in [-0.1, -0.05) is 100 Å². The summed E-state index contributed by atoms with van der Waals surface area (Å²) in [6.07, 6.45) is -10.2. The average Bonchev–Trinajstić information content (AvgIpc) is 1.91. The third-order valence-electron chi connectivity index (χ3n) is 16.4. The molecule has 0 radical (unpaired) electrons. The van der Waals surface area contributed by atoms with Crippen LogP contribution < -0.4 is 37.1 Å². The van der Waals surface area contributed by atoms with E-state index in [4.69, 9.17) is 15.2 Å². The molecule has 0 aliphatic carbocycles. The molecule has 15 N–H and O–H groups in total. The molecule has 3 fully saturated rings. The zero-order valence-corrected chi connectivity index (χ0v) is 50.5. The molecule has 25 heteroatoms. The highest BCUT2D eigenvalue weighted by molar-refractivity contribution is 6.00. The zero-order valence-electron chi connectivity index (χ0n) is 50.5.